The molecule has 0 aliphatic heterocycles. The summed E-state index contributed by atoms with van der Waals surface area (Å²) in [4.78, 5) is 4.93. The Kier molecular flexibility index (Phi) is 3.33. The summed E-state index contributed by atoms with van der Waals surface area (Å²) in [5.41, 5.74) is 1.97. The van der Waals surface area contributed by atoms with E-state index in [0.717, 1.165) is 11.3 Å². The molecule has 1 rings (SSSR count). The van der Waals surface area contributed by atoms with Crippen molar-refractivity contribution >= 4 is 5.71 Å². The van der Waals surface area contributed by atoms with E-state index in [1.807, 2.05) is 38.1 Å². The molecule has 0 amide bonds. The highest BCUT2D eigenvalue weighted by Crippen LogP contribution is 2.00. The molecule has 0 aromatic heterocycles. The van der Waals surface area contributed by atoms with Gasteiger partial charge in [0.1, 0.15) is 6.61 Å². The highest BCUT2D eigenvalue weighted by Gasteiger charge is 1.94. The van der Waals surface area contributed by atoms with Crippen molar-refractivity contribution in [2.45, 2.75) is 13.8 Å². The summed E-state index contributed by atoms with van der Waals surface area (Å²) >= 11 is 0. The first-order chi connectivity index (χ1) is 5.84. The van der Waals surface area contributed by atoms with Gasteiger partial charge in [-0.1, -0.05) is 29.4 Å². The van der Waals surface area contributed by atoms with E-state index < -0.39 is 0 Å². The van der Waals surface area contributed by atoms with Crippen LogP contribution < -0.4 is 0 Å². The minimum atomic E-state index is 0.607. The molecule has 12 heavy (non-hydrogen) atoms. The van der Waals surface area contributed by atoms with Crippen molar-refractivity contribution in [1.82, 2.24) is 0 Å². The van der Waals surface area contributed by atoms with Crippen LogP contribution in [0.5, 0.6) is 0 Å². The van der Waals surface area contributed by atoms with E-state index in [9.17, 15) is 0 Å². The third-order valence-electron chi connectivity index (χ3n) is 1.47. The lowest BCUT2D eigenvalue weighted by Gasteiger charge is -1.98. The second-order valence-corrected chi connectivity index (χ2v) is 2.38. The molecule has 0 unspecified atom stereocenters. The van der Waals surface area contributed by atoms with Gasteiger partial charge in [0, 0.05) is 0 Å². The van der Waals surface area contributed by atoms with Crippen molar-refractivity contribution in [3.63, 3.8) is 0 Å². The number of nitrogens with zero attached hydrogens (tertiary/aromatic N) is 1. The Balaban J connectivity index is 2.71. The van der Waals surface area contributed by atoms with Crippen LogP contribution in [0.3, 0.4) is 0 Å². The van der Waals surface area contributed by atoms with Gasteiger partial charge in [0.2, 0.25) is 0 Å². The Hall–Kier alpha value is -1.31. The number of oxime groups is 1. The molecular formula is C10H12NO. The Bertz CT molecular complexity index is 254. The summed E-state index contributed by atoms with van der Waals surface area (Å²) in [6.07, 6.45) is 0. The van der Waals surface area contributed by atoms with Gasteiger partial charge in [-0.05, 0) is 25.5 Å². The van der Waals surface area contributed by atoms with Gasteiger partial charge < -0.3 is 4.84 Å². The first-order valence-corrected chi connectivity index (χ1v) is 3.97. The van der Waals surface area contributed by atoms with Gasteiger partial charge >= 0.3 is 0 Å². The minimum Gasteiger partial charge on any atom is -0.396 e. The zero-order valence-electron chi connectivity index (χ0n) is 7.37. The largest absolute Gasteiger partial charge is 0.396 e. The quantitative estimate of drug-likeness (QED) is 0.493. The maximum Gasteiger partial charge on any atom is 0.114 e. The summed E-state index contributed by atoms with van der Waals surface area (Å²) < 4.78 is 0. The maximum absolute atomic E-state index is 4.93. The molecule has 1 radical (unpaired) electrons. The first-order valence-electron chi connectivity index (χ1n) is 3.97. The molecule has 0 atom stereocenters. The van der Waals surface area contributed by atoms with Crippen molar-refractivity contribution < 1.29 is 4.84 Å². The molecule has 0 heterocycles. The first kappa shape index (κ1) is 8.78. The zero-order chi connectivity index (χ0) is 8.81. The molecule has 0 bridgehead atoms. The highest BCUT2D eigenvalue weighted by atomic mass is 16.6. The summed E-state index contributed by atoms with van der Waals surface area (Å²) in [7, 11) is 0. The number of hydrogen-bond donors (Lipinski definition) is 0. The van der Waals surface area contributed by atoms with Crippen LogP contribution in [-0.2, 0) is 4.84 Å². The number of rotatable bonds is 3. The lowest BCUT2D eigenvalue weighted by Crippen LogP contribution is -1.95. The lowest BCUT2D eigenvalue weighted by atomic mass is 10.1. The van der Waals surface area contributed by atoms with E-state index in [4.69, 9.17) is 4.84 Å². The molecule has 0 aliphatic carbocycles. The van der Waals surface area contributed by atoms with Crippen LogP contribution in [0.15, 0.2) is 29.4 Å². The average molecular weight is 162 g/mol. The monoisotopic (exact) mass is 162 g/mol. The van der Waals surface area contributed by atoms with Crippen molar-refractivity contribution in [2.24, 2.45) is 5.16 Å². The van der Waals surface area contributed by atoms with E-state index >= 15 is 0 Å². The highest BCUT2D eigenvalue weighted by molar-refractivity contribution is 5.98. The van der Waals surface area contributed by atoms with E-state index in [2.05, 4.69) is 11.2 Å². The fourth-order valence-electron chi connectivity index (χ4n) is 0.842. The van der Waals surface area contributed by atoms with Crippen molar-refractivity contribution in [2.75, 3.05) is 6.61 Å². The molecule has 0 aliphatic rings. The van der Waals surface area contributed by atoms with Crippen LogP contribution in [0, 0.1) is 6.07 Å². The minimum absolute atomic E-state index is 0.607. The second kappa shape index (κ2) is 4.54. The van der Waals surface area contributed by atoms with E-state index in [1.54, 1.807) is 0 Å². The molecule has 0 spiro atoms. The van der Waals surface area contributed by atoms with Crippen molar-refractivity contribution in [1.29, 1.82) is 0 Å². The van der Waals surface area contributed by atoms with Crippen LogP contribution >= 0.6 is 0 Å². The van der Waals surface area contributed by atoms with Crippen molar-refractivity contribution in [3.8, 4) is 0 Å². The molecule has 1 aromatic carbocycles. The summed E-state index contributed by atoms with van der Waals surface area (Å²) in [6.45, 7) is 4.44. The van der Waals surface area contributed by atoms with Crippen molar-refractivity contribution in [3.05, 3.63) is 35.9 Å². The predicted molar refractivity (Wildman–Crippen MR) is 49.1 cm³/mol. The lowest BCUT2D eigenvalue weighted by molar-refractivity contribution is 0.159. The number of benzene rings is 1. The Morgan fingerprint density at radius 2 is 2.17 bits per heavy atom. The summed E-state index contributed by atoms with van der Waals surface area (Å²) in [5, 5.41) is 3.92. The second-order valence-electron chi connectivity index (χ2n) is 2.38. The van der Waals surface area contributed by atoms with E-state index in [1.165, 1.54) is 0 Å². The molecule has 63 valence electrons. The third-order valence-corrected chi connectivity index (χ3v) is 1.47. The molecule has 0 N–H and O–H groups in total. The van der Waals surface area contributed by atoms with Gasteiger partial charge in [0.25, 0.3) is 0 Å². The SMILES string of the molecule is CCO/N=C(/C)c1cc[c]cc1. The van der Waals surface area contributed by atoms with Gasteiger partial charge in [-0.25, -0.2) is 0 Å². The normalized spacial score (nSPS) is 11.3. The Morgan fingerprint density at radius 3 is 2.75 bits per heavy atom. The summed E-state index contributed by atoms with van der Waals surface area (Å²) in [5.74, 6) is 0. The fraction of sp³-hybridized carbons (Fsp3) is 0.300. The van der Waals surface area contributed by atoms with E-state index in [0.29, 0.717) is 6.61 Å². The molecule has 0 fully saturated rings. The molecule has 1 aromatic rings. The molecule has 0 saturated heterocycles. The third kappa shape index (κ3) is 2.38. The van der Waals surface area contributed by atoms with Gasteiger partial charge in [0.05, 0.1) is 5.71 Å². The Morgan fingerprint density at radius 1 is 1.50 bits per heavy atom. The van der Waals surface area contributed by atoms with Gasteiger partial charge in [-0.15, -0.1) is 0 Å². The van der Waals surface area contributed by atoms with Crippen LogP contribution in [-0.4, -0.2) is 12.3 Å². The Labute approximate surface area is 72.9 Å². The van der Waals surface area contributed by atoms with Gasteiger partial charge in [0.15, 0.2) is 0 Å². The van der Waals surface area contributed by atoms with Gasteiger partial charge in [-0.3, -0.25) is 0 Å². The zero-order valence-corrected chi connectivity index (χ0v) is 7.37. The predicted octanol–water partition coefficient (Wildman–Crippen LogP) is 2.25. The standard InChI is InChI=1S/C10H12NO/c1-3-12-11-9(2)10-7-5-4-6-8-10/h5-8H,3H2,1-2H3/b11-9-. The van der Waals surface area contributed by atoms with Gasteiger partial charge in [-0.2, -0.15) is 0 Å². The molecule has 0 saturated carbocycles. The molecule has 2 heteroatoms. The average Bonchev–Trinajstić information content (AvgIpc) is 2.15. The molecule has 2 nitrogen and oxygen atoms in total. The van der Waals surface area contributed by atoms with Crippen LogP contribution in [0.1, 0.15) is 19.4 Å². The molecular weight excluding hydrogens is 150 g/mol. The van der Waals surface area contributed by atoms with Crippen LogP contribution in [0.2, 0.25) is 0 Å². The maximum atomic E-state index is 4.93. The fourth-order valence-corrected chi connectivity index (χ4v) is 0.842. The number of hydrogen-bond acceptors (Lipinski definition) is 2. The van der Waals surface area contributed by atoms with Crippen LogP contribution in [0.25, 0.3) is 0 Å². The topological polar surface area (TPSA) is 21.6 Å². The smallest absolute Gasteiger partial charge is 0.114 e. The van der Waals surface area contributed by atoms with E-state index in [-0.39, 0.29) is 0 Å². The summed E-state index contributed by atoms with van der Waals surface area (Å²) in [6, 6.07) is 10.6. The van der Waals surface area contributed by atoms with Crippen LogP contribution in [0.4, 0.5) is 0 Å².